The molecule has 0 bridgehead atoms. The molecule has 1 aliphatic heterocycles. The Bertz CT molecular complexity index is 1970. The van der Waals surface area contributed by atoms with Crippen LogP contribution in [0.5, 0.6) is 5.75 Å². The lowest BCUT2D eigenvalue weighted by Gasteiger charge is -2.48. The first-order valence-corrected chi connectivity index (χ1v) is 18.1. The molecule has 55 heavy (non-hydrogen) atoms. The van der Waals surface area contributed by atoms with Crippen molar-refractivity contribution in [1.29, 1.82) is 0 Å². The van der Waals surface area contributed by atoms with Crippen LogP contribution in [0.3, 0.4) is 0 Å². The van der Waals surface area contributed by atoms with E-state index in [0.717, 1.165) is 23.5 Å². The average molecular weight is 895 g/mol. The summed E-state index contributed by atoms with van der Waals surface area (Å²) in [5.41, 5.74) is -5.55. The van der Waals surface area contributed by atoms with E-state index in [4.69, 9.17) is 9.47 Å². The molecule has 2 heterocycles. The van der Waals surface area contributed by atoms with E-state index in [1.807, 2.05) is 11.9 Å². The maximum atomic E-state index is 15.7. The van der Waals surface area contributed by atoms with Gasteiger partial charge in [-0.2, -0.15) is 26.3 Å². The number of alkyl halides is 5. The van der Waals surface area contributed by atoms with Crippen molar-refractivity contribution in [2.75, 3.05) is 52.8 Å². The molecule has 0 saturated heterocycles. The van der Waals surface area contributed by atoms with E-state index in [2.05, 4.69) is 15.3 Å². The molecule has 3 aromatic rings. The number of amides is 2. The number of benzene rings is 2. The van der Waals surface area contributed by atoms with Gasteiger partial charge in [0.05, 0.1) is 39.2 Å². The summed E-state index contributed by atoms with van der Waals surface area (Å²) in [5.74, 6) is -9.38. The van der Waals surface area contributed by atoms with Gasteiger partial charge in [-0.1, -0.05) is 12.8 Å². The summed E-state index contributed by atoms with van der Waals surface area (Å²) in [7, 11) is 4.83. The molecule has 0 atom stereocenters. The topological polar surface area (TPSA) is 120 Å². The zero-order valence-corrected chi connectivity index (χ0v) is 32.3. The average Bonchev–Trinajstić information content (AvgIpc) is 3.63. The number of aliphatic hydroxyl groups excluding tert-OH is 1. The van der Waals surface area contributed by atoms with Crippen molar-refractivity contribution in [2.45, 2.75) is 56.8 Å². The van der Waals surface area contributed by atoms with Crippen LogP contribution in [0.1, 0.15) is 49.4 Å². The Morgan fingerprint density at radius 1 is 1.05 bits per heavy atom. The number of nitrogens with zero attached hydrogens (tertiary/aromatic N) is 5. The van der Waals surface area contributed by atoms with Crippen molar-refractivity contribution in [1.82, 2.24) is 24.9 Å². The van der Waals surface area contributed by atoms with Crippen LogP contribution in [-0.2, 0) is 33.0 Å². The molecule has 0 radical (unpaired) electrons. The first kappa shape index (κ1) is 42.1. The van der Waals surface area contributed by atoms with Gasteiger partial charge in [0.1, 0.15) is 30.0 Å². The van der Waals surface area contributed by atoms with Crippen LogP contribution in [0.25, 0.3) is 11.3 Å². The highest BCUT2D eigenvalue weighted by Crippen LogP contribution is 2.45. The fraction of sp³-hybridized carbons (Fsp3) is 0.444. The number of hydrogen-bond donors (Lipinski definition) is 2. The monoisotopic (exact) mass is 894 g/mol. The molecule has 19 heteroatoms. The van der Waals surface area contributed by atoms with E-state index < -0.39 is 81.5 Å². The van der Waals surface area contributed by atoms with Gasteiger partial charge in [-0.05, 0) is 72.8 Å². The van der Waals surface area contributed by atoms with Crippen LogP contribution in [0.4, 0.5) is 36.4 Å². The minimum Gasteiger partial charge on any atom is -0.509 e. The summed E-state index contributed by atoms with van der Waals surface area (Å²) in [6.45, 7) is 1.43. The molecular formula is C36H38F7IN6O5. The fourth-order valence-corrected chi connectivity index (χ4v) is 7.32. The molecule has 2 amide bonds. The first-order chi connectivity index (χ1) is 25.8. The number of carbonyl (C=O) groups excluding carboxylic acids is 2. The van der Waals surface area contributed by atoms with Gasteiger partial charge >= 0.3 is 6.18 Å². The van der Waals surface area contributed by atoms with E-state index in [9.17, 15) is 36.6 Å². The molecule has 5 rings (SSSR count). The second-order valence-corrected chi connectivity index (χ2v) is 14.5. The number of hydrazine groups is 1. The highest BCUT2D eigenvalue weighted by atomic mass is 127. The summed E-state index contributed by atoms with van der Waals surface area (Å²) in [4.78, 5) is 37.4. The van der Waals surface area contributed by atoms with Gasteiger partial charge in [-0.3, -0.25) is 14.6 Å². The maximum Gasteiger partial charge on any atom is 0.416 e. The smallest absolute Gasteiger partial charge is 0.416 e. The summed E-state index contributed by atoms with van der Waals surface area (Å²) >= 11 is 1.78. The van der Waals surface area contributed by atoms with E-state index >= 15 is 8.78 Å². The number of rotatable bonds is 13. The highest BCUT2D eigenvalue weighted by Gasteiger charge is 2.53. The first-order valence-electron chi connectivity index (χ1n) is 17.0. The third-order valence-corrected chi connectivity index (χ3v) is 10.5. The van der Waals surface area contributed by atoms with Crippen LogP contribution in [0.15, 0.2) is 48.0 Å². The van der Waals surface area contributed by atoms with Gasteiger partial charge in [-0.25, -0.2) is 19.4 Å². The molecule has 1 aromatic heterocycles. The molecule has 0 unspecified atom stereocenters. The van der Waals surface area contributed by atoms with E-state index in [0.29, 0.717) is 51.6 Å². The van der Waals surface area contributed by atoms with Crippen LogP contribution in [0, 0.1) is 15.2 Å². The quantitative estimate of drug-likeness (QED) is 0.0805. The number of aliphatic hydroxyl groups is 1. The Hall–Kier alpha value is -4.08. The Labute approximate surface area is 325 Å². The minimum absolute atomic E-state index is 0.0362. The molecule has 298 valence electrons. The Kier molecular flexibility index (Phi) is 12.7. The number of hydrogen-bond acceptors (Lipinski definition) is 9. The van der Waals surface area contributed by atoms with Crippen LogP contribution >= 0.6 is 22.6 Å². The predicted octanol–water partition coefficient (Wildman–Crippen LogP) is 7.07. The van der Waals surface area contributed by atoms with Crippen molar-refractivity contribution in [3.8, 4) is 17.0 Å². The SMILES string of the molecule is COCCN(C)CCOc1c(I)cc(CN2C(=O)C(C(=O)Nc3ccc(C(F)(F)F)cc3-c3cc(C(C)(F)F)ncn3)=C(O)C3(CCCC3)N2C)c(F)c1F. The lowest BCUT2D eigenvalue weighted by Crippen LogP contribution is -2.62. The fourth-order valence-electron chi connectivity index (χ4n) is 6.56. The van der Waals surface area contributed by atoms with Gasteiger partial charge < -0.3 is 24.8 Å². The van der Waals surface area contributed by atoms with E-state index in [1.165, 1.54) is 18.1 Å². The van der Waals surface area contributed by atoms with Crippen molar-refractivity contribution in [3.63, 3.8) is 0 Å². The van der Waals surface area contributed by atoms with Gasteiger partial charge in [0.2, 0.25) is 5.82 Å². The molecule has 2 aliphatic rings. The van der Waals surface area contributed by atoms with Crippen LogP contribution in [0.2, 0.25) is 0 Å². The van der Waals surface area contributed by atoms with Gasteiger partial charge in [-0.15, -0.1) is 0 Å². The second kappa shape index (κ2) is 16.6. The molecule has 1 fully saturated rings. The third kappa shape index (κ3) is 8.83. The Balaban J connectivity index is 1.49. The van der Waals surface area contributed by atoms with Gasteiger partial charge in [0.15, 0.2) is 11.6 Å². The number of nitrogens with one attached hydrogen (secondary N) is 1. The zero-order chi connectivity index (χ0) is 40.5. The number of carbonyl (C=O) groups is 2. The summed E-state index contributed by atoms with van der Waals surface area (Å²) in [5, 5.41) is 16.4. The summed E-state index contributed by atoms with van der Waals surface area (Å²) in [6, 6.07) is 4.16. The van der Waals surface area contributed by atoms with Crippen molar-refractivity contribution in [3.05, 3.63) is 80.0 Å². The molecule has 2 N–H and O–H groups in total. The highest BCUT2D eigenvalue weighted by molar-refractivity contribution is 14.1. The third-order valence-electron chi connectivity index (χ3n) is 9.66. The van der Waals surface area contributed by atoms with Crippen molar-refractivity contribution >= 4 is 40.1 Å². The van der Waals surface area contributed by atoms with Gasteiger partial charge in [0.25, 0.3) is 17.7 Å². The zero-order valence-electron chi connectivity index (χ0n) is 30.2. The summed E-state index contributed by atoms with van der Waals surface area (Å²) < 4.78 is 112. The lowest BCUT2D eigenvalue weighted by atomic mass is 9.88. The molecule has 1 spiro atoms. The molecule has 2 aromatic carbocycles. The Morgan fingerprint density at radius 2 is 1.73 bits per heavy atom. The number of ether oxygens (including phenoxy) is 2. The molecule has 1 saturated carbocycles. The largest absolute Gasteiger partial charge is 0.509 e. The number of aromatic nitrogens is 2. The van der Waals surface area contributed by atoms with E-state index in [-0.39, 0.29) is 40.0 Å². The lowest BCUT2D eigenvalue weighted by molar-refractivity contribution is -0.163. The number of methoxy groups -OCH3 is 1. The Morgan fingerprint density at radius 3 is 2.36 bits per heavy atom. The maximum absolute atomic E-state index is 15.7. The number of halogens is 8. The van der Waals surface area contributed by atoms with Crippen molar-refractivity contribution < 1.29 is 54.9 Å². The molecular weight excluding hydrogens is 856 g/mol. The molecule has 1 aliphatic carbocycles. The second-order valence-electron chi connectivity index (χ2n) is 13.4. The van der Waals surface area contributed by atoms with Crippen LogP contribution < -0.4 is 10.1 Å². The molecule has 11 nitrogen and oxygen atoms in total. The van der Waals surface area contributed by atoms with Crippen molar-refractivity contribution in [2.24, 2.45) is 0 Å². The van der Waals surface area contributed by atoms with E-state index in [1.54, 1.807) is 29.7 Å². The number of anilines is 1. The predicted molar refractivity (Wildman–Crippen MR) is 194 cm³/mol. The number of likely N-dealkylation sites (N-methyl/N-ethyl adjacent to an activating group) is 2. The van der Waals surface area contributed by atoms with Crippen LogP contribution in [-0.4, -0.2) is 94.9 Å². The standard InChI is InChI=1S/C36H38F7IN6O5/c1-34(39,40)26-17-25(45-19-46-26)22-16-21(36(41,42)43)7-8-24(22)47-32(52)27-31(51)35(9-5-6-10-35)49(3)50(33(27)53)18-20-15-23(44)30(29(38)28(20)37)55-14-12-48(2)11-13-54-4/h7-8,15-17,19,51H,5-6,9-14,18H2,1-4H3,(H,47,52). The minimum atomic E-state index is -4.88. The summed E-state index contributed by atoms with van der Waals surface area (Å²) in [6.07, 6.45) is -2.48. The van der Waals surface area contributed by atoms with Gasteiger partial charge in [0, 0.05) is 45.3 Å². The normalized spacial score (nSPS) is 16.5.